The van der Waals surface area contributed by atoms with Crippen molar-refractivity contribution in [3.05, 3.63) is 26.9 Å². The fourth-order valence-electron chi connectivity index (χ4n) is 1.45. The second-order valence-electron chi connectivity index (χ2n) is 3.94. The number of carbonyl (C=O) groups is 2. The number of carboxylic acid groups (broad SMARTS) is 1. The number of nitrogens with zero attached hydrogens (tertiary/aromatic N) is 1. The maximum absolute atomic E-state index is 11.8. The minimum Gasteiger partial charge on any atom is -0.481 e. The van der Waals surface area contributed by atoms with Crippen LogP contribution in [0.15, 0.2) is 21.2 Å². The minimum atomic E-state index is -0.785. The summed E-state index contributed by atoms with van der Waals surface area (Å²) in [6.07, 6.45) is 3.90. The van der Waals surface area contributed by atoms with Gasteiger partial charge >= 0.3 is 5.97 Å². The SMILES string of the molecule is O=C(O)CCCCCNC(=O)c1ncc(Br)cc1Br. The molecule has 1 aromatic heterocycles. The van der Waals surface area contributed by atoms with Crippen molar-refractivity contribution in [2.75, 3.05) is 6.54 Å². The Morgan fingerprint density at radius 1 is 1.26 bits per heavy atom. The largest absolute Gasteiger partial charge is 0.481 e. The van der Waals surface area contributed by atoms with E-state index in [0.29, 0.717) is 23.1 Å². The van der Waals surface area contributed by atoms with Gasteiger partial charge in [-0.1, -0.05) is 6.42 Å². The van der Waals surface area contributed by atoms with Crippen LogP contribution in [0.5, 0.6) is 0 Å². The molecular weight excluding hydrogens is 380 g/mol. The Labute approximate surface area is 128 Å². The number of amides is 1. The summed E-state index contributed by atoms with van der Waals surface area (Å²) in [7, 11) is 0. The lowest BCUT2D eigenvalue weighted by Gasteiger charge is -2.06. The molecular formula is C12H14Br2N2O3. The maximum Gasteiger partial charge on any atom is 0.303 e. The number of aliphatic carboxylic acids is 1. The van der Waals surface area contributed by atoms with E-state index in [9.17, 15) is 9.59 Å². The lowest BCUT2D eigenvalue weighted by molar-refractivity contribution is -0.137. The summed E-state index contributed by atoms with van der Waals surface area (Å²) in [5.74, 6) is -1.02. The van der Waals surface area contributed by atoms with Crippen molar-refractivity contribution in [1.29, 1.82) is 0 Å². The average Bonchev–Trinajstić information content (AvgIpc) is 2.32. The predicted octanol–water partition coefficient (Wildman–Crippen LogP) is 2.98. The molecule has 7 heteroatoms. The first-order valence-corrected chi connectivity index (χ1v) is 7.40. The topological polar surface area (TPSA) is 79.3 Å². The third-order valence-electron chi connectivity index (χ3n) is 2.38. The molecule has 0 unspecified atom stereocenters. The van der Waals surface area contributed by atoms with E-state index in [-0.39, 0.29) is 12.3 Å². The first-order valence-electron chi connectivity index (χ1n) is 5.81. The van der Waals surface area contributed by atoms with Gasteiger partial charge in [-0.25, -0.2) is 4.98 Å². The summed E-state index contributed by atoms with van der Waals surface area (Å²) in [6.45, 7) is 0.517. The average molecular weight is 394 g/mol. The molecule has 1 amide bonds. The van der Waals surface area contributed by atoms with Gasteiger partial charge in [0.25, 0.3) is 5.91 Å². The van der Waals surface area contributed by atoms with Gasteiger partial charge in [0.2, 0.25) is 0 Å². The highest BCUT2D eigenvalue weighted by molar-refractivity contribution is 9.11. The fourth-order valence-corrected chi connectivity index (χ4v) is 2.61. The third-order valence-corrected chi connectivity index (χ3v) is 3.41. The summed E-state index contributed by atoms with van der Waals surface area (Å²) in [4.78, 5) is 26.1. The first-order chi connectivity index (χ1) is 9.00. The molecule has 0 radical (unpaired) electrons. The van der Waals surface area contributed by atoms with Crippen LogP contribution in [0.3, 0.4) is 0 Å². The zero-order valence-corrected chi connectivity index (χ0v) is 13.3. The molecule has 5 nitrogen and oxygen atoms in total. The van der Waals surface area contributed by atoms with Crippen molar-refractivity contribution >= 4 is 43.7 Å². The Balaban J connectivity index is 2.29. The Morgan fingerprint density at radius 3 is 2.63 bits per heavy atom. The number of nitrogens with one attached hydrogen (secondary N) is 1. The lowest BCUT2D eigenvalue weighted by Crippen LogP contribution is -2.25. The van der Waals surface area contributed by atoms with Crippen LogP contribution < -0.4 is 5.32 Å². The molecule has 1 rings (SSSR count). The van der Waals surface area contributed by atoms with Crippen molar-refractivity contribution in [3.8, 4) is 0 Å². The standard InChI is InChI=1S/C12H14Br2N2O3/c13-8-6-9(14)11(16-7-8)12(19)15-5-3-1-2-4-10(17)18/h6-7H,1-5H2,(H,15,19)(H,17,18). The number of rotatable bonds is 7. The van der Waals surface area contributed by atoms with Gasteiger partial charge in [-0.3, -0.25) is 9.59 Å². The van der Waals surface area contributed by atoms with E-state index in [1.807, 2.05) is 0 Å². The molecule has 0 spiro atoms. The van der Waals surface area contributed by atoms with Crippen LogP contribution in [0, 0.1) is 0 Å². The van der Waals surface area contributed by atoms with Crippen molar-refractivity contribution in [3.63, 3.8) is 0 Å². The van der Waals surface area contributed by atoms with Crippen LogP contribution in [-0.4, -0.2) is 28.5 Å². The lowest BCUT2D eigenvalue weighted by atomic mass is 10.2. The monoisotopic (exact) mass is 392 g/mol. The van der Waals surface area contributed by atoms with Crippen molar-refractivity contribution < 1.29 is 14.7 Å². The predicted molar refractivity (Wildman–Crippen MR) is 78.1 cm³/mol. The molecule has 1 heterocycles. The van der Waals surface area contributed by atoms with Gasteiger partial charge in [0.05, 0.1) is 4.47 Å². The highest BCUT2D eigenvalue weighted by atomic mass is 79.9. The van der Waals surface area contributed by atoms with Gasteiger partial charge < -0.3 is 10.4 Å². The Bertz CT molecular complexity index is 466. The van der Waals surface area contributed by atoms with Crippen LogP contribution in [0.4, 0.5) is 0 Å². The molecule has 0 saturated heterocycles. The van der Waals surface area contributed by atoms with Gasteiger partial charge in [-0.15, -0.1) is 0 Å². The molecule has 0 aliphatic carbocycles. The molecule has 0 aliphatic heterocycles. The Kier molecular flexibility index (Phi) is 7.01. The summed E-state index contributed by atoms with van der Waals surface area (Å²) in [5.41, 5.74) is 0.341. The number of pyridine rings is 1. The molecule has 0 bridgehead atoms. The highest BCUT2D eigenvalue weighted by Crippen LogP contribution is 2.19. The van der Waals surface area contributed by atoms with Crippen LogP contribution in [-0.2, 0) is 4.79 Å². The molecule has 104 valence electrons. The molecule has 0 saturated carbocycles. The van der Waals surface area contributed by atoms with Crippen LogP contribution in [0.2, 0.25) is 0 Å². The zero-order chi connectivity index (χ0) is 14.3. The van der Waals surface area contributed by atoms with E-state index in [1.54, 1.807) is 12.3 Å². The highest BCUT2D eigenvalue weighted by Gasteiger charge is 2.11. The molecule has 0 aromatic carbocycles. The van der Waals surface area contributed by atoms with Gasteiger partial charge in [0.15, 0.2) is 0 Å². The minimum absolute atomic E-state index is 0.174. The normalized spacial score (nSPS) is 10.2. The summed E-state index contributed by atoms with van der Waals surface area (Å²) < 4.78 is 1.43. The van der Waals surface area contributed by atoms with Gasteiger partial charge in [-0.05, 0) is 50.8 Å². The number of hydrogen-bond donors (Lipinski definition) is 2. The number of carbonyl (C=O) groups excluding carboxylic acids is 1. The van der Waals surface area contributed by atoms with E-state index in [4.69, 9.17) is 5.11 Å². The van der Waals surface area contributed by atoms with E-state index < -0.39 is 5.97 Å². The van der Waals surface area contributed by atoms with Crippen LogP contribution in [0.25, 0.3) is 0 Å². The van der Waals surface area contributed by atoms with Crippen molar-refractivity contribution in [1.82, 2.24) is 10.3 Å². The van der Waals surface area contributed by atoms with E-state index in [2.05, 4.69) is 42.2 Å². The molecule has 0 aliphatic rings. The summed E-state index contributed by atoms with van der Waals surface area (Å²) in [5, 5.41) is 11.2. The van der Waals surface area contributed by atoms with Crippen LogP contribution in [0.1, 0.15) is 36.2 Å². The first kappa shape index (κ1) is 16.1. The van der Waals surface area contributed by atoms with E-state index in [1.165, 1.54) is 0 Å². The zero-order valence-electron chi connectivity index (χ0n) is 10.2. The van der Waals surface area contributed by atoms with Crippen LogP contribution >= 0.6 is 31.9 Å². The second kappa shape index (κ2) is 8.27. The molecule has 2 N–H and O–H groups in total. The molecule has 1 aromatic rings. The summed E-state index contributed by atoms with van der Waals surface area (Å²) >= 11 is 6.54. The van der Waals surface area contributed by atoms with E-state index in [0.717, 1.165) is 17.3 Å². The number of aromatic nitrogens is 1. The molecule has 0 fully saturated rings. The summed E-state index contributed by atoms with van der Waals surface area (Å²) in [6, 6.07) is 1.76. The number of halogens is 2. The quantitative estimate of drug-likeness (QED) is 0.698. The Hall–Kier alpha value is -0.950. The fraction of sp³-hybridized carbons (Fsp3) is 0.417. The number of unbranched alkanes of at least 4 members (excludes halogenated alkanes) is 2. The number of hydrogen-bond acceptors (Lipinski definition) is 3. The molecule has 19 heavy (non-hydrogen) atoms. The second-order valence-corrected chi connectivity index (χ2v) is 5.71. The Morgan fingerprint density at radius 2 is 2.00 bits per heavy atom. The van der Waals surface area contributed by atoms with Gasteiger partial charge in [-0.2, -0.15) is 0 Å². The van der Waals surface area contributed by atoms with Crippen molar-refractivity contribution in [2.45, 2.75) is 25.7 Å². The van der Waals surface area contributed by atoms with E-state index >= 15 is 0 Å². The third kappa shape index (κ3) is 6.15. The number of carboxylic acids is 1. The maximum atomic E-state index is 11.8. The smallest absolute Gasteiger partial charge is 0.303 e. The molecule has 0 atom stereocenters. The van der Waals surface area contributed by atoms with Gasteiger partial charge in [0, 0.05) is 23.6 Å². The van der Waals surface area contributed by atoms with Crippen molar-refractivity contribution in [2.24, 2.45) is 0 Å². The van der Waals surface area contributed by atoms with Gasteiger partial charge in [0.1, 0.15) is 5.69 Å².